The fourth-order valence-corrected chi connectivity index (χ4v) is 5.04. The van der Waals surface area contributed by atoms with E-state index in [1.807, 2.05) is 0 Å². The zero-order valence-electron chi connectivity index (χ0n) is 14.5. The summed E-state index contributed by atoms with van der Waals surface area (Å²) in [5, 5.41) is 8.68. The summed E-state index contributed by atoms with van der Waals surface area (Å²) in [5.74, 6) is 0.163. The summed E-state index contributed by atoms with van der Waals surface area (Å²) in [6.45, 7) is 0. The van der Waals surface area contributed by atoms with E-state index in [4.69, 9.17) is 5.14 Å². The number of sulfonamides is 1. The Balaban J connectivity index is 1.66. The summed E-state index contributed by atoms with van der Waals surface area (Å²) in [5.41, 5.74) is -1.75. The van der Waals surface area contributed by atoms with Crippen LogP contribution in [0.25, 0.3) is 0 Å². The number of thioether (sulfide) groups is 1. The van der Waals surface area contributed by atoms with Gasteiger partial charge in [-0.15, -0.1) is 0 Å². The molecule has 1 aliphatic heterocycles. The second kappa shape index (κ2) is 6.82. The van der Waals surface area contributed by atoms with E-state index in [1.165, 1.54) is 18.2 Å². The second-order valence-electron chi connectivity index (χ2n) is 6.89. The molecule has 2 aliphatic rings. The first kappa shape index (κ1) is 19.4. The summed E-state index contributed by atoms with van der Waals surface area (Å²) >= 11 is -0.133. The number of nitrogens with two attached hydrogens (primary N) is 1. The normalized spacial score (nSPS) is 23.8. The highest BCUT2D eigenvalue weighted by molar-refractivity contribution is 8.00. The van der Waals surface area contributed by atoms with Gasteiger partial charge >= 0.3 is 5.51 Å². The molecule has 28 heavy (non-hydrogen) atoms. The molecule has 0 bridgehead atoms. The Bertz CT molecular complexity index is 1030. The fraction of sp³-hybridized carbons (Fsp3) is 0.263. The minimum atomic E-state index is -4.31. The molecule has 0 amide bonds. The van der Waals surface area contributed by atoms with Crippen molar-refractivity contribution in [1.29, 1.82) is 0 Å². The molecule has 1 aliphatic carbocycles. The number of rotatable bonds is 3. The van der Waals surface area contributed by atoms with E-state index >= 15 is 0 Å². The van der Waals surface area contributed by atoms with E-state index in [-0.39, 0.29) is 39.4 Å². The van der Waals surface area contributed by atoms with Crippen molar-refractivity contribution in [1.82, 2.24) is 0 Å². The van der Waals surface area contributed by atoms with E-state index in [0.717, 1.165) is 23.2 Å². The number of benzene rings is 2. The highest BCUT2D eigenvalue weighted by Crippen LogP contribution is 2.50. The predicted octanol–water partition coefficient (Wildman–Crippen LogP) is 4.77. The number of hydrogen-bond acceptors (Lipinski definition) is 4. The summed E-state index contributed by atoms with van der Waals surface area (Å²) in [6.07, 6.45) is 4.90. The Labute approximate surface area is 165 Å². The maximum absolute atomic E-state index is 12.5. The van der Waals surface area contributed by atoms with E-state index in [0.29, 0.717) is 0 Å². The number of hydrogen-bond donors (Lipinski definition) is 2. The number of allylic oxidation sites excluding steroid dienone is 2. The molecule has 0 radical (unpaired) electrons. The van der Waals surface area contributed by atoms with Crippen molar-refractivity contribution in [3.05, 3.63) is 65.7 Å². The quantitative estimate of drug-likeness (QED) is 0.548. The Morgan fingerprint density at radius 1 is 1.11 bits per heavy atom. The van der Waals surface area contributed by atoms with E-state index in [9.17, 15) is 21.6 Å². The molecule has 0 spiro atoms. The van der Waals surface area contributed by atoms with Gasteiger partial charge in [-0.3, -0.25) is 0 Å². The second-order valence-corrected chi connectivity index (χ2v) is 9.59. The summed E-state index contributed by atoms with van der Waals surface area (Å²) in [4.78, 5) is 0.213. The number of nitrogens with one attached hydrogen (secondary N) is 1. The van der Waals surface area contributed by atoms with Crippen molar-refractivity contribution in [3.8, 4) is 0 Å². The van der Waals surface area contributed by atoms with Crippen LogP contribution in [0.5, 0.6) is 0 Å². The Hall–Kier alpha value is -1.97. The molecule has 3 N–H and O–H groups in total. The van der Waals surface area contributed by atoms with Crippen LogP contribution in [0.4, 0.5) is 18.9 Å². The standard InChI is InChI=1S/C19H17F3N2O2S2/c20-19(21,22)27-12-6-4-11(5-7-12)18-15-3-1-2-14(15)16-10-13(28(23,25)26)8-9-17(16)24-18/h1-2,4-10,14-15,18,24H,3H2,(H2,23,25,26)/t14-,15+,18+/m0/s1. The summed E-state index contributed by atoms with van der Waals surface area (Å²) < 4.78 is 61.0. The van der Waals surface area contributed by atoms with Gasteiger partial charge in [0.05, 0.1) is 10.9 Å². The van der Waals surface area contributed by atoms with E-state index in [2.05, 4.69) is 17.5 Å². The lowest BCUT2D eigenvalue weighted by Crippen LogP contribution is -2.29. The Kier molecular flexibility index (Phi) is 4.71. The molecule has 4 rings (SSSR count). The van der Waals surface area contributed by atoms with Crippen molar-refractivity contribution < 1.29 is 21.6 Å². The van der Waals surface area contributed by atoms with Crippen molar-refractivity contribution in [2.45, 2.75) is 33.7 Å². The molecule has 1 heterocycles. The molecule has 2 aromatic rings. The Morgan fingerprint density at radius 3 is 2.46 bits per heavy atom. The molecule has 0 aromatic heterocycles. The topological polar surface area (TPSA) is 72.2 Å². The van der Waals surface area contributed by atoms with Crippen molar-refractivity contribution in [2.75, 3.05) is 5.32 Å². The van der Waals surface area contributed by atoms with Gasteiger partial charge < -0.3 is 5.32 Å². The molecular formula is C19H17F3N2O2S2. The first-order valence-corrected chi connectivity index (χ1v) is 10.9. The third-order valence-electron chi connectivity index (χ3n) is 5.14. The van der Waals surface area contributed by atoms with Gasteiger partial charge in [0.25, 0.3) is 0 Å². The molecule has 148 valence electrons. The third kappa shape index (κ3) is 3.78. The molecule has 0 saturated heterocycles. The van der Waals surface area contributed by atoms with Crippen molar-refractivity contribution >= 4 is 27.5 Å². The first-order chi connectivity index (χ1) is 13.1. The smallest absolute Gasteiger partial charge is 0.378 e. The van der Waals surface area contributed by atoms with Crippen LogP contribution < -0.4 is 10.5 Å². The van der Waals surface area contributed by atoms with Crippen LogP contribution in [-0.2, 0) is 10.0 Å². The van der Waals surface area contributed by atoms with Gasteiger partial charge in [-0.1, -0.05) is 24.3 Å². The van der Waals surface area contributed by atoms with Crippen LogP contribution in [0.15, 0.2) is 64.4 Å². The van der Waals surface area contributed by atoms with E-state index in [1.54, 1.807) is 24.3 Å². The third-order valence-corrected chi connectivity index (χ3v) is 6.79. The van der Waals surface area contributed by atoms with Gasteiger partial charge in [0, 0.05) is 16.5 Å². The molecule has 0 unspecified atom stereocenters. The molecule has 0 fully saturated rings. The highest BCUT2D eigenvalue weighted by atomic mass is 32.2. The fourth-order valence-electron chi connectivity index (χ4n) is 3.96. The van der Waals surface area contributed by atoms with Gasteiger partial charge in [0.2, 0.25) is 10.0 Å². The minimum absolute atomic E-state index is 0.0205. The molecule has 3 atom stereocenters. The first-order valence-electron chi connectivity index (χ1n) is 8.57. The molecule has 4 nitrogen and oxygen atoms in total. The number of anilines is 1. The van der Waals surface area contributed by atoms with Crippen molar-refractivity contribution in [2.24, 2.45) is 11.1 Å². The average molecular weight is 426 g/mol. The zero-order valence-corrected chi connectivity index (χ0v) is 16.1. The lowest BCUT2D eigenvalue weighted by Gasteiger charge is -2.37. The number of alkyl halides is 3. The molecule has 9 heteroatoms. The van der Waals surface area contributed by atoms with E-state index < -0.39 is 15.5 Å². The minimum Gasteiger partial charge on any atom is -0.378 e. The van der Waals surface area contributed by atoms with Gasteiger partial charge in [0.15, 0.2) is 0 Å². The lowest BCUT2D eigenvalue weighted by atomic mass is 9.77. The monoisotopic (exact) mass is 426 g/mol. The number of halogens is 3. The van der Waals surface area contributed by atoms with Crippen LogP contribution in [0, 0.1) is 5.92 Å². The molecule has 2 aromatic carbocycles. The number of primary sulfonamides is 1. The van der Waals surface area contributed by atoms with Crippen LogP contribution in [0.1, 0.15) is 29.5 Å². The molecular weight excluding hydrogens is 409 g/mol. The Morgan fingerprint density at radius 2 is 1.82 bits per heavy atom. The lowest BCUT2D eigenvalue weighted by molar-refractivity contribution is -0.0328. The van der Waals surface area contributed by atoms with Gasteiger partial charge in [-0.05, 0) is 65.6 Å². The van der Waals surface area contributed by atoms with Crippen LogP contribution >= 0.6 is 11.8 Å². The van der Waals surface area contributed by atoms with Crippen LogP contribution in [0.2, 0.25) is 0 Å². The highest BCUT2D eigenvalue weighted by Gasteiger charge is 2.38. The maximum atomic E-state index is 12.5. The summed E-state index contributed by atoms with van der Waals surface area (Å²) in [6, 6.07) is 11.1. The number of fused-ring (bicyclic) bond motifs is 3. The van der Waals surface area contributed by atoms with Crippen molar-refractivity contribution in [3.63, 3.8) is 0 Å². The van der Waals surface area contributed by atoms with Crippen LogP contribution in [0.3, 0.4) is 0 Å². The SMILES string of the molecule is NS(=O)(=O)c1ccc2c(c1)[C@H]1C=CC[C@H]1[C@@H](c1ccc(SC(F)(F)F)cc1)N2. The zero-order chi connectivity index (χ0) is 20.1. The van der Waals surface area contributed by atoms with Gasteiger partial charge in [-0.25, -0.2) is 13.6 Å². The maximum Gasteiger partial charge on any atom is 0.446 e. The summed E-state index contributed by atoms with van der Waals surface area (Å²) in [7, 11) is -3.80. The van der Waals surface area contributed by atoms with Crippen LogP contribution in [-0.4, -0.2) is 13.9 Å². The van der Waals surface area contributed by atoms with Gasteiger partial charge in [0.1, 0.15) is 0 Å². The largest absolute Gasteiger partial charge is 0.446 e. The van der Waals surface area contributed by atoms with Gasteiger partial charge in [-0.2, -0.15) is 13.2 Å². The molecule has 0 saturated carbocycles. The predicted molar refractivity (Wildman–Crippen MR) is 103 cm³/mol. The average Bonchev–Trinajstić information content (AvgIpc) is 3.09.